The minimum Gasteiger partial charge on any atom is -0.490 e. The molecule has 0 bridgehead atoms. The van der Waals surface area contributed by atoms with Gasteiger partial charge < -0.3 is 4.74 Å². The first-order valence-corrected chi connectivity index (χ1v) is 6.85. The first-order chi connectivity index (χ1) is 7.56. The normalized spacial score (nSPS) is 33.2. The number of benzene rings is 1. The molecular formula is C14H19BrO. The SMILES string of the molecule is CCC1(C)C(Br)CC1Oc1cccc(C)c1. The molecule has 3 atom stereocenters. The highest BCUT2D eigenvalue weighted by molar-refractivity contribution is 9.09. The Morgan fingerprint density at radius 1 is 1.50 bits per heavy atom. The standard InChI is InChI=1S/C14H19BrO/c1-4-14(3)12(15)9-13(14)16-11-7-5-6-10(2)8-11/h5-8,12-13H,4,9H2,1-3H3. The molecule has 2 heteroatoms. The molecule has 1 aromatic rings. The van der Waals surface area contributed by atoms with Crippen LogP contribution in [0.4, 0.5) is 0 Å². The zero-order chi connectivity index (χ0) is 11.8. The fourth-order valence-corrected chi connectivity index (χ4v) is 3.21. The maximum atomic E-state index is 6.08. The average Bonchev–Trinajstić information content (AvgIpc) is 2.27. The predicted molar refractivity (Wildman–Crippen MR) is 71.3 cm³/mol. The smallest absolute Gasteiger partial charge is 0.120 e. The second kappa shape index (κ2) is 4.40. The van der Waals surface area contributed by atoms with Gasteiger partial charge in [-0.1, -0.05) is 41.9 Å². The van der Waals surface area contributed by atoms with Crippen molar-refractivity contribution in [3.63, 3.8) is 0 Å². The monoisotopic (exact) mass is 282 g/mol. The molecule has 16 heavy (non-hydrogen) atoms. The minimum absolute atomic E-state index is 0.281. The Morgan fingerprint density at radius 2 is 2.25 bits per heavy atom. The molecule has 1 nitrogen and oxygen atoms in total. The molecule has 2 rings (SSSR count). The molecule has 0 spiro atoms. The van der Waals surface area contributed by atoms with Crippen molar-refractivity contribution in [2.24, 2.45) is 5.41 Å². The molecule has 3 unspecified atom stereocenters. The summed E-state index contributed by atoms with van der Waals surface area (Å²) in [6, 6.07) is 8.31. The van der Waals surface area contributed by atoms with Crippen molar-refractivity contribution >= 4 is 15.9 Å². The summed E-state index contributed by atoms with van der Waals surface area (Å²) in [5.74, 6) is 1.00. The van der Waals surface area contributed by atoms with Gasteiger partial charge >= 0.3 is 0 Å². The van der Waals surface area contributed by atoms with Gasteiger partial charge in [0.1, 0.15) is 11.9 Å². The molecule has 0 N–H and O–H groups in total. The Kier molecular flexibility index (Phi) is 3.29. The van der Waals surface area contributed by atoms with E-state index in [0.717, 1.165) is 18.6 Å². The molecule has 0 heterocycles. The van der Waals surface area contributed by atoms with E-state index in [1.807, 2.05) is 6.07 Å². The Hall–Kier alpha value is -0.500. The van der Waals surface area contributed by atoms with E-state index in [4.69, 9.17) is 4.74 Å². The zero-order valence-electron chi connectivity index (χ0n) is 10.2. The topological polar surface area (TPSA) is 9.23 Å². The lowest BCUT2D eigenvalue weighted by molar-refractivity contribution is -0.0243. The highest BCUT2D eigenvalue weighted by Gasteiger charge is 2.50. The summed E-state index contributed by atoms with van der Waals surface area (Å²) in [5.41, 5.74) is 1.54. The quantitative estimate of drug-likeness (QED) is 0.750. The van der Waals surface area contributed by atoms with Crippen LogP contribution < -0.4 is 4.74 Å². The van der Waals surface area contributed by atoms with Crippen LogP contribution >= 0.6 is 15.9 Å². The number of hydrogen-bond acceptors (Lipinski definition) is 1. The van der Waals surface area contributed by atoms with E-state index in [1.54, 1.807) is 0 Å². The Bertz CT molecular complexity index is 377. The summed E-state index contributed by atoms with van der Waals surface area (Å²) >= 11 is 3.73. The second-order valence-corrected chi connectivity index (χ2v) is 6.09. The van der Waals surface area contributed by atoms with Crippen molar-refractivity contribution in [3.05, 3.63) is 29.8 Å². The van der Waals surface area contributed by atoms with Crippen LogP contribution in [0.2, 0.25) is 0 Å². The maximum absolute atomic E-state index is 6.08. The molecule has 88 valence electrons. The molecule has 1 saturated carbocycles. The summed E-state index contributed by atoms with van der Waals surface area (Å²) in [4.78, 5) is 0.597. The van der Waals surface area contributed by atoms with E-state index in [9.17, 15) is 0 Å². The van der Waals surface area contributed by atoms with E-state index in [1.165, 1.54) is 5.56 Å². The third kappa shape index (κ3) is 2.00. The van der Waals surface area contributed by atoms with Gasteiger partial charge in [0.15, 0.2) is 0 Å². The predicted octanol–water partition coefficient (Wildman–Crippen LogP) is 4.33. The second-order valence-electron chi connectivity index (χ2n) is 4.99. The maximum Gasteiger partial charge on any atom is 0.120 e. The van der Waals surface area contributed by atoms with E-state index in [-0.39, 0.29) is 5.41 Å². The van der Waals surface area contributed by atoms with Crippen LogP contribution in [-0.2, 0) is 0 Å². The van der Waals surface area contributed by atoms with Crippen LogP contribution in [-0.4, -0.2) is 10.9 Å². The van der Waals surface area contributed by atoms with Gasteiger partial charge in [0.05, 0.1) is 0 Å². The van der Waals surface area contributed by atoms with Crippen LogP contribution in [0.5, 0.6) is 5.75 Å². The van der Waals surface area contributed by atoms with Crippen molar-refractivity contribution in [1.82, 2.24) is 0 Å². The molecular weight excluding hydrogens is 264 g/mol. The lowest BCUT2D eigenvalue weighted by Crippen LogP contribution is -2.54. The van der Waals surface area contributed by atoms with E-state index in [0.29, 0.717) is 10.9 Å². The Balaban J connectivity index is 2.06. The third-order valence-corrected chi connectivity index (χ3v) is 5.32. The van der Waals surface area contributed by atoms with Crippen molar-refractivity contribution in [1.29, 1.82) is 0 Å². The number of aryl methyl sites for hydroxylation is 1. The number of rotatable bonds is 3. The fraction of sp³-hybridized carbons (Fsp3) is 0.571. The molecule has 1 fully saturated rings. The summed E-state index contributed by atoms with van der Waals surface area (Å²) in [6.07, 6.45) is 2.61. The lowest BCUT2D eigenvalue weighted by atomic mass is 9.65. The molecule has 1 aliphatic carbocycles. The van der Waals surface area contributed by atoms with Crippen molar-refractivity contribution in [3.8, 4) is 5.75 Å². The average molecular weight is 283 g/mol. The molecule has 0 radical (unpaired) electrons. The highest BCUT2D eigenvalue weighted by Crippen LogP contribution is 2.50. The van der Waals surface area contributed by atoms with Gasteiger partial charge in [-0.05, 0) is 37.5 Å². The van der Waals surface area contributed by atoms with Crippen LogP contribution in [0.25, 0.3) is 0 Å². The molecule has 0 amide bonds. The summed E-state index contributed by atoms with van der Waals surface area (Å²) in [7, 11) is 0. The molecule has 0 saturated heterocycles. The van der Waals surface area contributed by atoms with E-state index < -0.39 is 0 Å². The van der Waals surface area contributed by atoms with E-state index in [2.05, 4.69) is 54.9 Å². The van der Waals surface area contributed by atoms with Gasteiger partial charge in [-0.2, -0.15) is 0 Å². The summed E-state index contributed by atoms with van der Waals surface area (Å²) in [6.45, 7) is 6.64. The van der Waals surface area contributed by atoms with Crippen molar-refractivity contribution in [2.75, 3.05) is 0 Å². The Morgan fingerprint density at radius 3 is 2.81 bits per heavy atom. The zero-order valence-corrected chi connectivity index (χ0v) is 11.8. The van der Waals surface area contributed by atoms with Crippen molar-refractivity contribution < 1.29 is 4.74 Å². The van der Waals surface area contributed by atoms with Crippen molar-refractivity contribution in [2.45, 2.75) is 44.5 Å². The fourth-order valence-electron chi connectivity index (χ4n) is 2.25. The third-order valence-electron chi connectivity index (χ3n) is 3.90. The van der Waals surface area contributed by atoms with Crippen LogP contribution in [0.15, 0.2) is 24.3 Å². The molecule has 0 aromatic heterocycles. The first-order valence-electron chi connectivity index (χ1n) is 5.93. The highest BCUT2D eigenvalue weighted by atomic mass is 79.9. The molecule has 1 aliphatic rings. The number of alkyl halides is 1. The van der Waals surface area contributed by atoms with E-state index >= 15 is 0 Å². The number of halogens is 1. The number of hydrogen-bond donors (Lipinski definition) is 0. The van der Waals surface area contributed by atoms with Gasteiger partial charge in [0.25, 0.3) is 0 Å². The first kappa shape index (κ1) is 12.0. The van der Waals surface area contributed by atoms with Gasteiger partial charge in [0.2, 0.25) is 0 Å². The van der Waals surface area contributed by atoms with Gasteiger partial charge in [-0.25, -0.2) is 0 Å². The van der Waals surface area contributed by atoms with Gasteiger partial charge in [-0.15, -0.1) is 0 Å². The largest absolute Gasteiger partial charge is 0.490 e. The Labute approximate surface area is 106 Å². The van der Waals surface area contributed by atoms with Gasteiger partial charge in [0, 0.05) is 10.2 Å². The molecule has 1 aromatic carbocycles. The lowest BCUT2D eigenvalue weighted by Gasteiger charge is -2.50. The molecule has 0 aliphatic heterocycles. The minimum atomic E-state index is 0.281. The van der Waals surface area contributed by atoms with Crippen LogP contribution in [0.1, 0.15) is 32.3 Å². The summed E-state index contributed by atoms with van der Waals surface area (Å²) in [5, 5.41) is 0. The van der Waals surface area contributed by atoms with Gasteiger partial charge in [-0.3, -0.25) is 0 Å². The summed E-state index contributed by atoms with van der Waals surface area (Å²) < 4.78 is 6.08. The van der Waals surface area contributed by atoms with Crippen LogP contribution in [0.3, 0.4) is 0 Å². The van der Waals surface area contributed by atoms with Crippen LogP contribution in [0, 0.1) is 12.3 Å². The number of ether oxygens (including phenoxy) is 1.